The molecular weight excluding hydrogens is 198 g/mol. The number of hydrogen-bond acceptors (Lipinski definition) is 1. The predicted octanol–water partition coefficient (Wildman–Crippen LogP) is 3.24. The van der Waals surface area contributed by atoms with Gasteiger partial charge in [-0.2, -0.15) is 0 Å². The summed E-state index contributed by atoms with van der Waals surface area (Å²) in [6, 6.07) is 1.15. The molecule has 1 saturated carbocycles. The SMILES string of the molecule is CC(C)N(C(=S)S)C1CCCCC1. The van der Waals surface area contributed by atoms with E-state index < -0.39 is 0 Å². The van der Waals surface area contributed by atoms with E-state index in [4.69, 9.17) is 12.2 Å². The maximum atomic E-state index is 5.16. The zero-order chi connectivity index (χ0) is 9.84. The van der Waals surface area contributed by atoms with E-state index in [1.807, 2.05) is 0 Å². The van der Waals surface area contributed by atoms with Crippen molar-refractivity contribution >= 4 is 29.2 Å². The lowest BCUT2D eigenvalue weighted by molar-refractivity contribution is 0.215. The van der Waals surface area contributed by atoms with Gasteiger partial charge in [0, 0.05) is 12.1 Å². The molecule has 0 aromatic rings. The normalized spacial score (nSPS) is 19.1. The van der Waals surface area contributed by atoms with E-state index in [-0.39, 0.29) is 0 Å². The molecule has 0 radical (unpaired) electrons. The van der Waals surface area contributed by atoms with Crippen molar-refractivity contribution in [3.05, 3.63) is 0 Å². The predicted molar refractivity (Wildman–Crippen MR) is 65.4 cm³/mol. The quantitative estimate of drug-likeness (QED) is 0.559. The van der Waals surface area contributed by atoms with Crippen molar-refractivity contribution in [2.45, 2.75) is 58.0 Å². The van der Waals surface area contributed by atoms with Gasteiger partial charge in [0.25, 0.3) is 0 Å². The van der Waals surface area contributed by atoms with Crippen LogP contribution in [-0.2, 0) is 0 Å². The largest absolute Gasteiger partial charge is 0.352 e. The average Bonchev–Trinajstić information content (AvgIpc) is 2.04. The maximum absolute atomic E-state index is 5.16. The van der Waals surface area contributed by atoms with Gasteiger partial charge < -0.3 is 4.90 Å². The van der Waals surface area contributed by atoms with E-state index in [0.29, 0.717) is 12.1 Å². The molecule has 0 amide bonds. The molecule has 0 saturated heterocycles. The molecule has 0 aliphatic heterocycles. The lowest BCUT2D eigenvalue weighted by Crippen LogP contribution is -2.43. The third-order valence-electron chi connectivity index (χ3n) is 2.75. The van der Waals surface area contributed by atoms with Crippen LogP contribution in [0.3, 0.4) is 0 Å². The van der Waals surface area contributed by atoms with E-state index in [1.165, 1.54) is 32.1 Å². The summed E-state index contributed by atoms with van der Waals surface area (Å²) in [5.74, 6) is 0. The maximum Gasteiger partial charge on any atom is 0.133 e. The number of nitrogens with zero attached hydrogens (tertiary/aromatic N) is 1. The first-order chi connectivity index (χ1) is 6.13. The standard InChI is InChI=1S/C10H19NS2/c1-8(2)11(10(12)13)9-6-4-3-5-7-9/h8-9H,3-7H2,1-2H3,(H,12,13). The summed E-state index contributed by atoms with van der Waals surface area (Å²) in [6.45, 7) is 4.38. The summed E-state index contributed by atoms with van der Waals surface area (Å²) in [5, 5.41) is 0. The summed E-state index contributed by atoms with van der Waals surface area (Å²) < 4.78 is 0.766. The summed E-state index contributed by atoms with van der Waals surface area (Å²) >= 11 is 9.46. The van der Waals surface area contributed by atoms with Crippen LogP contribution in [0, 0.1) is 0 Å². The Balaban J connectivity index is 2.57. The monoisotopic (exact) mass is 217 g/mol. The zero-order valence-electron chi connectivity index (χ0n) is 8.49. The lowest BCUT2D eigenvalue weighted by Gasteiger charge is -2.37. The highest BCUT2D eigenvalue weighted by Crippen LogP contribution is 2.25. The van der Waals surface area contributed by atoms with E-state index in [0.717, 1.165) is 4.32 Å². The van der Waals surface area contributed by atoms with E-state index in [1.54, 1.807) is 0 Å². The molecule has 0 bridgehead atoms. The molecule has 0 atom stereocenters. The number of rotatable bonds is 2. The third kappa shape index (κ3) is 3.13. The van der Waals surface area contributed by atoms with Crippen LogP contribution in [0.25, 0.3) is 0 Å². The summed E-state index contributed by atoms with van der Waals surface area (Å²) in [7, 11) is 0. The van der Waals surface area contributed by atoms with Crippen molar-refractivity contribution in [1.29, 1.82) is 0 Å². The molecule has 1 fully saturated rings. The molecule has 1 nitrogen and oxygen atoms in total. The van der Waals surface area contributed by atoms with Crippen molar-refractivity contribution in [3.8, 4) is 0 Å². The molecular formula is C10H19NS2. The molecule has 3 heteroatoms. The fraction of sp³-hybridized carbons (Fsp3) is 0.900. The van der Waals surface area contributed by atoms with Crippen LogP contribution in [0.2, 0.25) is 0 Å². The lowest BCUT2D eigenvalue weighted by atomic mass is 9.94. The van der Waals surface area contributed by atoms with Crippen LogP contribution in [-0.4, -0.2) is 21.3 Å². The van der Waals surface area contributed by atoms with E-state index >= 15 is 0 Å². The van der Waals surface area contributed by atoms with Gasteiger partial charge in [-0.1, -0.05) is 31.5 Å². The summed E-state index contributed by atoms with van der Waals surface area (Å²) in [5.41, 5.74) is 0. The molecule has 13 heavy (non-hydrogen) atoms. The first kappa shape index (κ1) is 11.3. The molecule has 1 aliphatic rings. The fourth-order valence-corrected chi connectivity index (χ4v) is 2.91. The Morgan fingerprint density at radius 3 is 2.23 bits per heavy atom. The highest BCUT2D eigenvalue weighted by atomic mass is 32.1. The Kier molecular flexibility index (Phi) is 4.53. The minimum absolute atomic E-state index is 0.494. The van der Waals surface area contributed by atoms with Crippen LogP contribution in [0.1, 0.15) is 46.0 Å². The van der Waals surface area contributed by atoms with Crippen molar-refractivity contribution in [3.63, 3.8) is 0 Å². The van der Waals surface area contributed by atoms with Gasteiger partial charge in [0.05, 0.1) is 0 Å². The number of thiocarbonyl (C=S) groups is 1. The average molecular weight is 217 g/mol. The van der Waals surface area contributed by atoms with Gasteiger partial charge in [0.2, 0.25) is 0 Å². The highest BCUT2D eigenvalue weighted by molar-refractivity contribution is 8.10. The number of hydrogen-bond donors (Lipinski definition) is 1. The molecule has 0 N–H and O–H groups in total. The van der Waals surface area contributed by atoms with Crippen molar-refractivity contribution in [2.75, 3.05) is 0 Å². The van der Waals surface area contributed by atoms with Crippen LogP contribution in [0.15, 0.2) is 0 Å². The van der Waals surface area contributed by atoms with Crippen molar-refractivity contribution in [1.82, 2.24) is 4.90 Å². The second-order valence-corrected chi connectivity index (χ2v) is 5.19. The fourth-order valence-electron chi connectivity index (χ4n) is 2.16. The Bertz CT molecular complexity index is 174. The summed E-state index contributed by atoms with van der Waals surface area (Å²) in [6.07, 6.45) is 6.67. The van der Waals surface area contributed by atoms with E-state index in [9.17, 15) is 0 Å². The number of thiol groups is 1. The second kappa shape index (κ2) is 5.20. The molecule has 0 aromatic heterocycles. The molecule has 0 heterocycles. The molecule has 76 valence electrons. The Labute approximate surface area is 92.3 Å². The van der Waals surface area contributed by atoms with Crippen LogP contribution < -0.4 is 0 Å². The van der Waals surface area contributed by atoms with Crippen LogP contribution in [0.4, 0.5) is 0 Å². The first-order valence-electron chi connectivity index (χ1n) is 5.14. The van der Waals surface area contributed by atoms with Gasteiger partial charge >= 0.3 is 0 Å². The first-order valence-corrected chi connectivity index (χ1v) is 5.99. The second-order valence-electron chi connectivity index (χ2n) is 4.08. The Morgan fingerprint density at radius 2 is 1.85 bits per heavy atom. The molecule has 0 spiro atoms. The van der Waals surface area contributed by atoms with Gasteiger partial charge in [-0.15, -0.1) is 12.6 Å². The minimum Gasteiger partial charge on any atom is -0.352 e. The topological polar surface area (TPSA) is 3.24 Å². The van der Waals surface area contributed by atoms with Gasteiger partial charge in [0.1, 0.15) is 4.32 Å². The molecule has 0 unspecified atom stereocenters. The van der Waals surface area contributed by atoms with Gasteiger partial charge in [0.15, 0.2) is 0 Å². The van der Waals surface area contributed by atoms with Crippen LogP contribution >= 0.6 is 24.8 Å². The third-order valence-corrected chi connectivity index (χ3v) is 3.19. The zero-order valence-corrected chi connectivity index (χ0v) is 10.2. The van der Waals surface area contributed by atoms with Gasteiger partial charge in [-0.3, -0.25) is 0 Å². The van der Waals surface area contributed by atoms with Gasteiger partial charge in [-0.25, -0.2) is 0 Å². The van der Waals surface area contributed by atoms with Gasteiger partial charge in [-0.05, 0) is 26.7 Å². The molecule has 1 rings (SSSR count). The smallest absolute Gasteiger partial charge is 0.133 e. The Hall–Kier alpha value is 0.240. The van der Waals surface area contributed by atoms with Crippen molar-refractivity contribution in [2.24, 2.45) is 0 Å². The molecule has 1 aliphatic carbocycles. The van der Waals surface area contributed by atoms with E-state index in [2.05, 4.69) is 31.4 Å². The summed E-state index contributed by atoms with van der Waals surface area (Å²) in [4.78, 5) is 2.29. The van der Waals surface area contributed by atoms with Crippen molar-refractivity contribution < 1.29 is 0 Å². The Morgan fingerprint density at radius 1 is 1.31 bits per heavy atom. The van der Waals surface area contributed by atoms with Crippen LogP contribution in [0.5, 0.6) is 0 Å². The highest BCUT2D eigenvalue weighted by Gasteiger charge is 2.23. The molecule has 0 aromatic carbocycles. The minimum atomic E-state index is 0.494.